The Morgan fingerprint density at radius 3 is 2.23 bits per heavy atom. The van der Waals surface area contributed by atoms with Crippen molar-refractivity contribution in [2.45, 2.75) is 58.5 Å². The highest BCUT2D eigenvalue weighted by atomic mass is 16.2. The number of Topliss-reactive ketones (excluding diaryl/α,β-unsaturated/α-hetero) is 1. The number of urea groups is 1. The fourth-order valence-corrected chi connectivity index (χ4v) is 2.81. The summed E-state index contributed by atoms with van der Waals surface area (Å²) >= 11 is 0. The molecule has 1 saturated carbocycles. The molecule has 1 fully saturated rings. The van der Waals surface area contributed by atoms with Gasteiger partial charge >= 0.3 is 6.03 Å². The van der Waals surface area contributed by atoms with E-state index >= 15 is 0 Å². The molecule has 120 valence electrons. The van der Waals surface area contributed by atoms with E-state index in [-0.39, 0.29) is 17.9 Å². The van der Waals surface area contributed by atoms with Crippen LogP contribution in [0.25, 0.3) is 0 Å². The zero-order valence-corrected chi connectivity index (χ0v) is 13.7. The molecule has 1 aromatic carbocycles. The number of nitrogens with one attached hydrogen (secondary N) is 2. The molecule has 0 aliphatic heterocycles. The summed E-state index contributed by atoms with van der Waals surface area (Å²) in [6.45, 7) is 5.63. The van der Waals surface area contributed by atoms with Gasteiger partial charge in [0.05, 0.1) is 0 Å². The maximum Gasteiger partial charge on any atom is 0.315 e. The van der Waals surface area contributed by atoms with Gasteiger partial charge in [-0.1, -0.05) is 63.9 Å². The molecule has 0 heterocycles. The number of benzene rings is 1. The highest BCUT2D eigenvalue weighted by Gasteiger charge is 2.32. The highest BCUT2D eigenvalue weighted by Crippen LogP contribution is 2.26. The Morgan fingerprint density at radius 1 is 1.09 bits per heavy atom. The second-order valence-electron chi connectivity index (χ2n) is 7.06. The van der Waals surface area contributed by atoms with Gasteiger partial charge in [0.25, 0.3) is 0 Å². The number of carbonyl (C=O) groups excluding carboxylic acids is 2. The van der Waals surface area contributed by atoms with Crippen LogP contribution >= 0.6 is 0 Å². The predicted molar refractivity (Wildman–Crippen MR) is 87.6 cm³/mol. The number of ketones is 1. The van der Waals surface area contributed by atoms with Crippen LogP contribution < -0.4 is 10.6 Å². The van der Waals surface area contributed by atoms with Crippen molar-refractivity contribution in [2.24, 2.45) is 5.41 Å². The van der Waals surface area contributed by atoms with Gasteiger partial charge < -0.3 is 10.6 Å². The van der Waals surface area contributed by atoms with Crippen LogP contribution in [0, 0.1) is 5.41 Å². The van der Waals surface area contributed by atoms with E-state index in [0.717, 1.165) is 31.2 Å². The van der Waals surface area contributed by atoms with Crippen LogP contribution in [0.2, 0.25) is 0 Å². The van der Waals surface area contributed by atoms with E-state index in [1.807, 2.05) is 51.1 Å². The van der Waals surface area contributed by atoms with E-state index in [4.69, 9.17) is 0 Å². The van der Waals surface area contributed by atoms with Crippen LogP contribution in [-0.2, 0) is 4.79 Å². The van der Waals surface area contributed by atoms with Gasteiger partial charge in [0.2, 0.25) is 0 Å². The number of hydrogen-bond acceptors (Lipinski definition) is 2. The Kier molecular flexibility index (Phi) is 5.22. The maximum absolute atomic E-state index is 12.7. The molecule has 0 bridgehead atoms. The summed E-state index contributed by atoms with van der Waals surface area (Å²) in [6, 6.07) is 8.81. The lowest BCUT2D eigenvalue weighted by Crippen LogP contribution is -2.46. The van der Waals surface area contributed by atoms with Gasteiger partial charge in [-0.25, -0.2) is 4.79 Å². The van der Waals surface area contributed by atoms with E-state index in [0.29, 0.717) is 0 Å². The molecule has 0 saturated heterocycles. The molecule has 0 aromatic heterocycles. The van der Waals surface area contributed by atoms with E-state index < -0.39 is 11.5 Å². The Hall–Kier alpha value is -1.84. The van der Waals surface area contributed by atoms with Gasteiger partial charge in [-0.3, -0.25) is 4.79 Å². The number of carbonyl (C=O) groups is 2. The van der Waals surface area contributed by atoms with E-state index in [2.05, 4.69) is 10.6 Å². The third-order valence-electron chi connectivity index (χ3n) is 4.10. The zero-order valence-electron chi connectivity index (χ0n) is 13.7. The molecule has 1 aliphatic carbocycles. The van der Waals surface area contributed by atoms with Crippen molar-refractivity contribution in [3.05, 3.63) is 35.9 Å². The zero-order chi connectivity index (χ0) is 16.2. The van der Waals surface area contributed by atoms with Gasteiger partial charge in [-0.2, -0.15) is 0 Å². The van der Waals surface area contributed by atoms with Crippen LogP contribution in [-0.4, -0.2) is 17.9 Å². The van der Waals surface area contributed by atoms with Crippen molar-refractivity contribution < 1.29 is 9.59 Å². The van der Waals surface area contributed by atoms with E-state index in [1.165, 1.54) is 0 Å². The summed E-state index contributed by atoms with van der Waals surface area (Å²) in [4.78, 5) is 24.9. The average Bonchev–Trinajstić information content (AvgIpc) is 2.97. The third-order valence-corrected chi connectivity index (χ3v) is 4.10. The first-order valence-electron chi connectivity index (χ1n) is 8.04. The topological polar surface area (TPSA) is 58.2 Å². The van der Waals surface area contributed by atoms with Gasteiger partial charge in [-0.05, 0) is 18.4 Å². The quantitative estimate of drug-likeness (QED) is 0.893. The minimum absolute atomic E-state index is 0.0141. The molecule has 2 N–H and O–H groups in total. The smallest absolute Gasteiger partial charge is 0.315 e. The van der Waals surface area contributed by atoms with Crippen LogP contribution in [0.15, 0.2) is 30.3 Å². The lowest BCUT2D eigenvalue weighted by atomic mass is 9.84. The standard InChI is InChI=1S/C18H26N2O2/c1-18(2,3)16(21)15(13-9-5-4-6-10-13)20-17(22)19-14-11-7-8-12-14/h4-6,9-10,14-15H,7-8,11-12H2,1-3H3,(H2,19,20,22)/t15-/m1/s1. The molecule has 22 heavy (non-hydrogen) atoms. The predicted octanol–water partition coefficient (Wildman–Crippen LogP) is 3.58. The molecule has 1 aliphatic rings. The Balaban J connectivity index is 2.10. The van der Waals surface area contributed by atoms with Crippen molar-refractivity contribution in [3.63, 3.8) is 0 Å². The minimum Gasteiger partial charge on any atom is -0.335 e. The largest absolute Gasteiger partial charge is 0.335 e. The Morgan fingerprint density at radius 2 is 1.68 bits per heavy atom. The summed E-state index contributed by atoms with van der Waals surface area (Å²) in [6.07, 6.45) is 4.37. The summed E-state index contributed by atoms with van der Waals surface area (Å²) in [5, 5.41) is 5.85. The molecule has 0 unspecified atom stereocenters. The van der Waals surface area contributed by atoms with Crippen molar-refractivity contribution >= 4 is 11.8 Å². The maximum atomic E-state index is 12.7. The molecule has 0 spiro atoms. The van der Waals surface area contributed by atoms with Gasteiger partial charge in [0, 0.05) is 11.5 Å². The molecule has 1 aromatic rings. The molecule has 4 heteroatoms. The minimum atomic E-state index is -0.609. The third kappa shape index (κ3) is 4.33. The molecular weight excluding hydrogens is 276 g/mol. The van der Waals surface area contributed by atoms with Gasteiger partial charge in [0.15, 0.2) is 5.78 Å². The Labute approximate surface area is 132 Å². The van der Waals surface area contributed by atoms with Crippen molar-refractivity contribution in [1.82, 2.24) is 10.6 Å². The second-order valence-corrected chi connectivity index (χ2v) is 7.06. The van der Waals surface area contributed by atoms with Gasteiger partial charge in [-0.15, -0.1) is 0 Å². The van der Waals surface area contributed by atoms with Crippen LogP contribution in [0.4, 0.5) is 4.79 Å². The van der Waals surface area contributed by atoms with Crippen molar-refractivity contribution in [3.8, 4) is 0 Å². The molecule has 2 rings (SSSR count). The van der Waals surface area contributed by atoms with Crippen molar-refractivity contribution in [1.29, 1.82) is 0 Å². The van der Waals surface area contributed by atoms with Crippen LogP contribution in [0.5, 0.6) is 0 Å². The summed E-state index contributed by atoms with van der Waals surface area (Å²) in [5.74, 6) is 0.0141. The van der Waals surface area contributed by atoms with E-state index in [9.17, 15) is 9.59 Å². The SMILES string of the molecule is CC(C)(C)C(=O)[C@H](NC(=O)NC1CCCC1)c1ccccc1. The van der Waals surface area contributed by atoms with Crippen LogP contribution in [0.1, 0.15) is 58.1 Å². The first kappa shape index (κ1) is 16.5. The van der Waals surface area contributed by atoms with E-state index in [1.54, 1.807) is 0 Å². The average molecular weight is 302 g/mol. The normalized spacial score (nSPS) is 17.0. The molecule has 4 nitrogen and oxygen atoms in total. The molecule has 0 radical (unpaired) electrons. The molecule has 2 amide bonds. The van der Waals surface area contributed by atoms with Gasteiger partial charge in [0.1, 0.15) is 6.04 Å². The Bertz CT molecular complexity index is 514. The molecule has 1 atom stereocenters. The highest BCUT2D eigenvalue weighted by molar-refractivity contribution is 5.93. The van der Waals surface area contributed by atoms with Crippen molar-refractivity contribution in [2.75, 3.05) is 0 Å². The second kappa shape index (κ2) is 6.95. The summed E-state index contributed by atoms with van der Waals surface area (Å²) < 4.78 is 0. The number of amides is 2. The number of hydrogen-bond donors (Lipinski definition) is 2. The fourth-order valence-electron chi connectivity index (χ4n) is 2.81. The lowest BCUT2D eigenvalue weighted by Gasteiger charge is -2.26. The molecular formula is C18H26N2O2. The van der Waals surface area contributed by atoms with Crippen LogP contribution in [0.3, 0.4) is 0 Å². The number of rotatable bonds is 4. The first-order chi connectivity index (χ1) is 10.4. The summed E-state index contributed by atoms with van der Waals surface area (Å²) in [7, 11) is 0. The summed E-state index contributed by atoms with van der Waals surface area (Å²) in [5.41, 5.74) is 0.310. The lowest BCUT2D eigenvalue weighted by molar-refractivity contribution is -0.128. The fraction of sp³-hybridized carbons (Fsp3) is 0.556. The first-order valence-corrected chi connectivity index (χ1v) is 8.04. The monoisotopic (exact) mass is 302 g/mol.